The van der Waals surface area contributed by atoms with Crippen LogP contribution in [-0.4, -0.2) is 15.8 Å². The SMILES string of the molecule is [2H]c1c([2H])c([2H])c2c(c1[2H])c1c([2H])c([2H])c([2H])c([2H])c1n2-c1ccc2c(c1)N(c1c(-c3cc(C(C)(C)C)cc(C(C)(C)C)c3)cc(C(C)(C)C)cc1-c1ccccc1C(C)(C)C)c1cc(C(C)(C)C)cc3c1B2c1ccc(-n2c4c([2H])c([2H])c([2H])c([2H])c4c4c([2H])c([2H])c([2H])c([2H])c42)cc1N3c1c(-c2ccc(C(C)(C)C)cc2)cc(C(C)(C)C)cc1-c1cc(C(C)(C)C)ccc1C(C)(C)C. The number of benzene rings is 13. The summed E-state index contributed by atoms with van der Waals surface area (Å²) in [6.45, 7) is 60.0. The smallest absolute Gasteiger partial charge is 0.252 e. The number of hydrogen-bond acceptors (Lipinski definition) is 2. The summed E-state index contributed by atoms with van der Waals surface area (Å²) in [5.74, 6) is 0. The van der Waals surface area contributed by atoms with Crippen molar-refractivity contribution in [1.82, 2.24) is 9.13 Å². The standard InChI is InChI=1S/C114H123BN4/c1-106(2,3)72-50-48-70(49-51-72)86-62-76(110(13,14)15)65-90(88-61-73(107(4,5)6)52-55-92(88)114(25,26)27)104(86)118-99-68-79(116-95-44-34-29-39-82(95)83-40-30-35-45-96(83)116)53-56-93(99)115-94-57-54-80(117-97-46-36-31-41-84(97)85-42-32-37-47-98(85)117)69-100(94)119(102-67-78(112(19,20)21)66-101(118)103(102)115)105-87(71-58-74(108(7,8)9)60-75(59-71)109(10,11)12)63-77(111(16,17)18)64-89(105)81-38-28-33-43-91(81)113(22,23)24/h28-69H,1-27H3/i29D,30D,31D,32D,34D,35D,36D,37D,39D,40D,41D,42D,44D,45D,46D,47D. The van der Waals surface area contributed by atoms with E-state index in [1.165, 1.54) is 0 Å². The number of nitrogens with zero attached hydrogens (tertiary/aromatic N) is 4. The Balaban J connectivity index is 1.18. The van der Waals surface area contributed by atoms with E-state index in [0.29, 0.717) is 22.7 Å². The molecule has 2 aromatic heterocycles. The van der Waals surface area contributed by atoms with E-state index in [1.807, 2.05) is 24.3 Å². The highest BCUT2D eigenvalue weighted by atomic mass is 15.2. The molecule has 0 atom stereocenters. The van der Waals surface area contributed by atoms with Crippen molar-refractivity contribution in [3.05, 3.63) is 304 Å². The van der Waals surface area contributed by atoms with Crippen LogP contribution in [-0.2, 0) is 48.7 Å². The maximum atomic E-state index is 10.1. The molecule has 2 aliphatic rings. The third kappa shape index (κ3) is 14.0. The number of fused-ring (bicyclic) bond motifs is 10. The van der Waals surface area contributed by atoms with Crippen molar-refractivity contribution in [2.24, 2.45) is 0 Å². The zero-order valence-electron chi connectivity index (χ0n) is 90.9. The fraction of sp³-hybridized carbons (Fsp3) is 0.316. The number of hydrogen-bond donors (Lipinski definition) is 0. The summed E-state index contributed by atoms with van der Waals surface area (Å²) in [6.07, 6.45) is 0. The van der Waals surface area contributed by atoms with Crippen LogP contribution in [0.1, 0.15) is 259 Å². The molecule has 0 aliphatic carbocycles. The van der Waals surface area contributed by atoms with Crippen LogP contribution < -0.4 is 26.2 Å². The molecule has 15 aromatic rings. The molecular weight excluding hydrogens is 1440 g/mol. The lowest BCUT2D eigenvalue weighted by Gasteiger charge is -2.47. The molecule has 5 heteroatoms. The monoisotopic (exact) mass is 1580 g/mol. The van der Waals surface area contributed by atoms with Gasteiger partial charge >= 0.3 is 0 Å². The Labute approximate surface area is 734 Å². The third-order valence-electron chi connectivity index (χ3n) is 24.9. The molecule has 4 heterocycles. The van der Waals surface area contributed by atoms with Crippen molar-refractivity contribution in [2.75, 3.05) is 9.80 Å². The molecule has 13 aromatic carbocycles. The topological polar surface area (TPSA) is 16.3 Å². The molecule has 17 rings (SSSR count). The van der Waals surface area contributed by atoms with Gasteiger partial charge in [0.1, 0.15) is 0 Å². The van der Waals surface area contributed by atoms with Crippen molar-refractivity contribution >= 4 is 101 Å². The predicted molar refractivity (Wildman–Crippen MR) is 519 cm³/mol. The fourth-order valence-corrected chi connectivity index (χ4v) is 18.0. The Morgan fingerprint density at radius 2 is 0.571 bits per heavy atom. The van der Waals surface area contributed by atoms with E-state index in [0.717, 1.165) is 134 Å². The van der Waals surface area contributed by atoms with Gasteiger partial charge in [0.15, 0.2) is 0 Å². The molecule has 119 heavy (non-hydrogen) atoms. The Hall–Kier alpha value is -10.9. The summed E-state index contributed by atoms with van der Waals surface area (Å²) in [5, 5.41) is -0.268. The molecule has 0 bridgehead atoms. The first-order valence-electron chi connectivity index (χ1n) is 50.4. The fourth-order valence-electron chi connectivity index (χ4n) is 18.0. The minimum Gasteiger partial charge on any atom is -0.310 e. The van der Waals surface area contributed by atoms with Gasteiger partial charge in [-0.05, 0) is 222 Å². The second kappa shape index (κ2) is 27.9. The van der Waals surface area contributed by atoms with E-state index < -0.39 is 130 Å². The van der Waals surface area contributed by atoms with E-state index in [9.17, 15) is 21.9 Å². The highest BCUT2D eigenvalue weighted by Gasteiger charge is 2.48. The summed E-state index contributed by atoms with van der Waals surface area (Å²) < 4.78 is 158. The molecule has 0 unspecified atom stereocenters. The Bertz CT molecular complexity index is 7430. The lowest BCUT2D eigenvalue weighted by Crippen LogP contribution is -2.61. The van der Waals surface area contributed by atoms with Crippen molar-refractivity contribution in [3.8, 4) is 55.9 Å². The molecule has 0 N–H and O–H groups in total. The average molecular weight is 1580 g/mol. The van der Waals surface area contributed by atoms with Crippen LogP contribution in [0.4, 0.5) is 34.1 Å². The summed E-state index contributed by atoms with van der Waals surface area (Å²) in [4.78, 5) is 4.90. The molecule has 0 radical (unpaired) electrons. The van der Waals surface area contributed by atoms with Crippen LogP contribution in [0.15, 0.2) is 254 Å². The van der Waals surface area contributed by atoms with Crippen LogP contribution in [0.25, 0.3) is 99.5 Å². The van der Waals surface area contributed by atoms with Gasteiger partial charge in [0.2, 0.25) is 0 Å². The summed E-state index contributed by atoms with van der Waals surface area (Å²) in [7, 11) is 0. The lowest BCUT2D eigenvalue weighted by molar-refractivity contribution is 0.569. The highest BCUT2D eigenvalue weighted by molar-refractivity contribution is 7.00. The van der Waals surface area contributed by atoms with Crippen molar-refractivity contribution in [1.29, 1.82) is 0 Å². The molecule has 0 fully saturated rings. The van der Waals surface area contributed by atoms with Gasteiger partial charge in [-0.3, -0.25) is 0 Å². The third-order valence-corrected chi connectivity index (χ3v) is 24.9. The zero-order valence-corrected chi connectivity index (χ0v) is 74.9. The highest BCUT2D eigenvalue weighted by Crippen LogP contribution is 2.58. The van der Waals surface area contributed by atoms with Gasteiger partial charge in [-0.2, -0.15) is 0 Å². The van der Waals surface area contributed by atoms with Crippen LogP contribution in [0, 0.1) is 0 Å². The van der Waals surface area contributed by atoms with Crippen molar-refractivity contribution < 1.29 is 21.9 Å². The minimum absolute atomic E-state index is 0.0440. The largest absolute Gasteiger partial charge is 0.310 e. The van der Waals surface area contributed by atoms with Gasteiger partial charge in [-0.1, -0.05) is 357 Å². The summed E-state index contributed by atoms with van der Waals surface area (Å²) >= 11 is 0. The van der Waals surface area contributed by atoms with Gasteiger partial charge in [-0.15, -0.1) is 0 Å². The Kier molecular flexibility index (Phi) is 14.8. The van der Waals surface area contributed by atoms with Crippen LogP contribution in [0.5, 0.6) is 0 Å². The van der Waals surface area contributed by atoms with Crippen molar-refractivity contribution in [3.63, 3.8) is 0 Å². The first-order chi connectivity index (χ1) is 62.4. The quantitative estimate of drug-likeness (QED) is 0.141. The molecule has 0 saturated carbocycles. The van der Waals surface area contributed by atoms with Gasteiger partial charge < -0.3 is 18.9 Å². The Morgan fingerprint density at radius 1 is 0.244 bits per heavy atom. The first kappa shape index (κ1) is 63.2. The summed E-state index contributed by atoms with van der Waals surface area (Å²) in [5.41, 5.74) is 20.3. The van der Waals surface area contributed by atoms with E-state index >= 15 is 0 Å². The van der Waals surface area contributed by atoms with Crippen LogP contribution in [0.3, 0.4) is 0 Å². The number of rotatable bonds is 8. The normalized spacial score (nSPS) is 15.7. The minimum atomic E-state index is -0.814. The molecule has 0 spiro atoms. The zero-order chi connectivity index (χ0) is 98.8. The second-order valence-electron chi connectivity index (χ2n) is 42.9. The van der Waals surface area contributed by atoms with Crippen molar-refractivity contribution in [2.45, 2.75) is 236 Å². The molecule has 0 amide bonds. The second-order valence-corrected chi connectivity index (χ2v) is 42.9. The molecule has 4 nitrogen and oxygen atoms in total. The van der Waals surface area contributed by atoms with Crippen LogP contribution >= 0.6 is 0 Å². The maximum absolute atomic E-state index is 10.1. The predicted octanol–water partition coefficient (Wildman–Crippen LogP) is 30.3. The average Bonchev–Trinajstić information content (AvgIpc) is 1.28. The number of anilines is 6. The summed E-state index contributed by atoms with van der Waals surface area (Å²) in [6, 6.07) is 50.0. The van der Waals surface area contributed by atoms with E-state index in [-0.39, 0.29) is 65.3 Å². The molecule has 2 aliphatic heterocycles. The number of aromatic nitrogens is 2. The molecular formula is C114H123BN4. The maximum Gasteiger partial charge on any atom is 0.252 e. The van der Waals surface area contributed by atoms with E-state index in [4.69, 9.17) is 0 Å². The molecule has 602 valence electrons. The lowest BCUT2D eigenvalue weighted by atomic mass is 9.33. The first-order valence-corrected chi connectivity index (χ1v) is 42.4. The van der Waals surface area contributed by atoms with E-state index in [1.54, 1.807) is 9.13 Å². The Morgan fingerprint density at radius 3 is 0.966 bits per heavy atom. The van der Waals surface area contributed by atoms with Gasteiger partial charge in [0.05, 0.1) is 55.4 Å². The molecule has 0 saturated heterocycles. The van der Waals surface area contributed by atoms with Crippen LogP contribution in [0.2, 0.25) is 0 Å². The number of para-hydroxylation sites is 4. The van der Waals surface area contributed by atoms with Gasteiger partial charge in [0, 0.05) is 77.9 Å². The van der Waals surface area contributed by atoms with Gasteiger partial charge in [0.25, 0.3) is 6.71 Å². The van der Waals surface area contributed by atoms with E-state index in [2.05, 4.69) is 330 Å². The van der Waals surface area contributed by atoms with Gasteiger partial charge in [-0.25, -0.2) is 0 Å².